The molecule has 0 radical (unpaired) electrons. The molecule has 17 heterocycles. The molecule has 22 N–H and O–H groups in total. The Balaban J connectivity index is 0.573. The normalized spacial score (nSPS) is 28.1. The van der Waals surface area contributed by atoms with Crippen molar-refractivity contribution in [3.8, 4) is 5.75 Å². The number of benzene rings is 1. The predicted molar refractivity (Wildman–Crippen MR) is 449 cm³/mol. The van der Waals surface area contributed by atoms with Crippen LogP contribution in [0.1, 0.15) is 81.5 Å². The Morgan fingerprint density at radius 2 is 0.647 bits per heavy atom. The summed E-state index contributed by atoms with van der Waals surface area (Å²) in [5, 5.41) is 11.1. The van der Waals surface area contributed by atoms with E-state index < -0.39 is 274 Å². The molecule has 0 aliphatic carbocycles. The summed E-state index contributed by atoms with van der Waals surface area (Å²) < 4.78 is 196. The number of nitrogens with zero attached hydrogens (tertiary/aromatic N) is 17. The Labute approximate surface area is 753 Å². The number of ether oxygens (including phenoxy) is 6. The molecule has 0 amide bonds. The Kier molecular flexibility index (Phi) is 26.3. The van der Waals surface area contributed by atoms with Gasteiger partial charge in [0.25, 0.3) is 27.8 Å². The van der Waals surface area contributed by atoms with Gasteiger partial charge in [0.05, 0.1) is 77.4 Å². The lowest BCUT2D eigenvalue weighted by Gasteiger charge is -2.26. The van der Waals surface area contributed by atoms with Crippen LogP contribution in [0.5, 0.6) is 5.75 Å². The second kappa shape index (κ2) is 37.4. The second-order valence-electron chi connectivity index (χ2n) is 31.1. The number of imidazole rings is 5. The molecule has 136 heavy (non-hydrogen) atoms. The molecule has 70 heteroatoms. The average Bonchev–Trinajstić information content (AvgIpc) is 1.64. The highest BCUT2D eigenvalue weighted by Crippen LogP contribution is 2.58. The number of anilines is 5. The molecule has 6 aliphatic heterocycles. The number of nitrogen functional groups attached to an aromatic ring is 5. The number of phosphoric acid groups is 6. The number of hydrogen-bond acceptors (Lipinski definition) is 47. The highest BCUT2D eigenvalue weighted by atomic mass is 31.2. The summed E-state index contributed by atoms with van der Waals surface area (Å²) in [6, 6.07) is 7.24. The molecule has 6 fully saturated rings. The zero-order chi connectivity index (χ0) is 96.1. The van der Waals surface area contributed by atoms with Crippen LogP contribution < -0.4 is 66.7 Å². The molecule has 12 aromatic rings. The summed E-state index contributed by atoms with van der Waals surface area (Å²) in [5.41, 5.74) is 23.3. The van der Waals surface area contributed by atoms with Crippen molar-refractivity contribution in [1.82, 2.24) is 107 Å². The first-order valence-corrected chi connectivity index (χ1v) is 49.2. The number of nitrogens with two attached hydrogens (primary N) is 5. The molecule has 24 atom stereocenters. The van der Waals surface area contributed by atoms with E-state index in [1.165, 1.54) is 53.0 Å². The lowest BCUT2D eigenvalue weighted by molar-refractivity contribution is -0.0638. The fraction of sp³-hybridized carbons (Fsp3) is 0.470. The standard InChI is InChI=1S/C66H79N27O37P6/c1-26-13-88(66(100)87-57(26)95)41-8-29(35(120-41)15-114-131(101,102)125-27-5-3-2-4-6-27)126-133(105,106)116-17-37-31(10-43(122-37)91-23-76-48-54(91)80-63(69)84-59(48)97)129-135(109,110)118-19-39-33(12-45(124-39)93-25-78-50-56(93)82-65(71)86-61(50)99)130-136(111,112)117-18-38-32(11-44(123-38)92-24-77-49-55(92)81-64(70)85-60(49)98)128-134(107,108)115-16-36-30(9-42(121-36)89-21-74-46-51(67)72-20-73-52(46)89)127-132(103,104)113-14-34-28(94)7-40(119-34)90-22-75-47-53(90)79-62(68)83-58(47)96/h2-6,13,20-25,28-45,94H,7-12,14-19H2,1H3,(H,101,102)(H,103,104)(H,105,106)(H,107,108)(H,109,110)(H,111,112)(H2,67,72,73)(H,87,95,100)(H3,68,79,83,96)(H3,69,80,84,97)(H3,70,81,85,98)(H3,71,82,86,99)/t28-,29-,30-,31-,32-,33-,34+,35+,36+,37+,38+,39+,40+,41+,42+,43+,44+,45+/m0/s1. The molecule has 0 spiro atoms. The number of aromatic amines is 5. The van der Waals surface area contributed by atoms with Gasteiger partial charge in [0, 0.05) is 50.3 Å². The van der Waals surface area contributed by atoms with Gasteiger partial charge in [-0.15, -0.1) is 0 Å². The molecule has 1 aromatic carbocycles. The molecular weight excluding hydrogens is 1950 g/mol. The first-order valence-electron chi connectivity index (χ1n) is 40.3. The summed E-state index contributed by atoms with van der Waals surface area (Å²) in [4.78, 5) is 203. The first-order chi connectivity index (χ1) is 64.5. The maximum Gasteiger partial charge on any atom is 0.527 e. The van der Waals surface area contributed by atoms with Crippen LogP contribution in [0.25, 0.3) is 55.8 Å². The van der Waals surface area contributed by atoms with Crippen LogP contribution in [0, 0.1) is 6.92 Å². The van der Waals surface area contributed by atoms with Crippen molar-refractivity contribution < 1.29 is 145 Å². The molecule has 11 aromatic heterocycles. The summed E-state index contributed by atoms with van der Waals surface area (Å²) >= 11 is 0. The van der Waals surface area contributed by atoms with Crippen molar-refractivity contribution in [2.75, 3.05) is 68.3 Å². The van der Waals surface area contributed by atoms with E-state index in [9.17, 15) is 90.6 Å². The van der Waals surface area contributed by atoms with Crippen LogP contribution in [0.15, 0.2) is 103 Å². The highest BCUT2D eigenvalue weighted by Gasteiger charge is 2.52. The number of aromatic nitrogens is 22. The average molecular weight is 2030 g/mol. The van der Waals surface area contributed by atoms with Crippen LogP contribution in [-0.4, -0.2) is 255 Å². The van der Waals surface area contributed by atoms with Gasteiger partial charge in [0.2, 0.25) is 23.8 Å². The van der Waals surface area contributed by atoms with Crippen LogP contribution in [0.3, 0.4) is 0 Å². The van der Waals surface area contributed by atoms with E-state index in [1.54, 1.807) is 6.07 Å². The maximum absolute atomic E-state index is 14.7. The van der Waals surface area contributed by atoms with Gasteiger partial charge in [-0.2, -0.15) is 19.9 Å². The fourth-order valence-corrected chi connectivity index (χ4v) is 21.4. The number of aliphatic hydroxyl groups is 1. The molecule has 0 bridgehead atoms. The topological polar surface area (TPSA) is 893 Å². The van der Waals surface area contributed by atoms with Crippen molar-refractivity contribution in [3.63, 3.8) is 0 Å². The third kappa shape index (κ3) is 20.6. The van der Waals surface area contributed by atoms with Crippen molar-refractivity contribution in [1.29, 1.82) is 0 Å². The number of aliphatic hydroxyl groups excluding tert-OH is 1. The third-order valence-electron chi connectivity index (χ3n) is 22.0. The van der Waals surface area contributed by atoms with Gasteiger partial charge in [-0.25, -0.2) is 67.1 Å². The van der Waals surface area contributed by atoms with Crippen molar-refractivity contribution >= 4 is 132 Å². The lowest BCUT2D eigenvalue weighted by atomic mass is 10.2. The second-order valence-corrected chi connectivity index (χ2v) is 39.5. The molecule has 730 valence electrons. The van der Waals surface area contributed by atoms with E-state index in [-0.39, 0.29) is 91.7 Å². The van der Waals surface area contributed by atoms with E-state index in [2.05, 4.69) is 79.7 Å². The van der Waals surface area contributed by atoms with Gasteiger partial charge >= 0.3 is 52.6 Å². The van der Waals surface area contributed by atoms with Crippen LogP contribution in [-0.2, 0) is 106 Å². The number of nitrogens with one attached hydrogen (secondary N) is 5. The quantitative estimate of drug-likeness (QED) is 0.0208. The highest BCUT2D eigenvalue weighted by molar-refractivity contribution is 7.48. The molecule has 0 saturated carbocycles. The lowest BCUT2D eigenvalue weighted by Crippen LogP contribution is -2.33. The van der Waals surface area contributed by atoms with Crippen molar-refractivity contribution in [3.05, 3.63) is 142 Å². The SMILES string of the molecule is Cc1cn([C@H]2C[C@H](OP(=O)(O)OC[C@H]3O[C@@H](n4cnc5c(=O)[nH]c(N)nc54)C[C@@H]3OP(=O)(O)OC[C@H]3O[C@@H](n4cnc5c(=O)[nH]c(N)nc54)C[C@@H]3OP(=O)(O)OC[C@H]3O[C@@H](n4cnc5c(=O)[nH]c(N)nc54)C[C@@H]3OP(=O)(O)OC[C@H]3O[C@@H](n4cnc5c(N)ncnc54)C[C@@H]3OP(=O)(O)OC[C@H]3O[C@@H](n4cnc5c(=O)[nH]c(N)nc54)C[C@@H]3O)[C@@H](COP(=O)(O)Oc3ccccc3)O2)c(=O)[nH]c1=O. The Hall–Kier alpha value is -10.9. The van der Waals surface area contributed by atoms with E-state index in [0.29, 0.717) is 0 Å². The number of para-hydroxylation sites is 1. The fourth-order valence-electron chi connectivity index (χ4n) is 15.8. The largest absolute Gasteiger partial charge is 0.527 e. The van der Waals surface area contributed by atoms with E-state index in [4.69, 9.17) is 111 Å². The molecule has 18 rings (SSSR count). The van der Waals surface area contributed by atoms with Crippen molar-refractivity contribution in [2.24, 2.45) is 0 Å². The third-order valence-corrected chi connectivity index (χ3v) is 28.0. The van der Waals surface area contributed by atoms with Gasteiger partial charge in [-0.3, -0.25) is 131 Å². The van der Waals surface area contributed by atoms with E-state index in [1.807, 2.05) is 0 Å². The minimum atomic E-state index is -5.72. The zero-order valence-corrected chi connectivity index (χ0v) is 74.7. The Bertz CT molecular complexity index is 7280. The van der Waals surface area contributed by atoms with E-state index >= 15 is 0 Å². The van der Waals surface area contributed by atoms with Crippen molar-refractivity contribution in [2.45, 2.75) is 156 Å². The minimum absolute atomic E-state index is 0.00396. The number of aryl methyl sites for hydroxylation is 1. The summed E-state index contributed by atoms with van der Waals surface area (Å²) in [5.74, 6) is -1.64. The monoisotopic (exact) mass is 2030 g/mol. The van der Waals surface area contributed by atoms with Crippen LogP contribution in [0.2, 0.25) is 0 Å². The predicted octanol–water partition coefficient (Wildman–Crippen LogP) is -1.08. The summed E-state index contributed by atoms with van der Waals surface area (Å²) in [6.07, 6.45) is -23.1. The minimum Gasteiger partial charge on any atom is -0.404 e. The number of hydrogen-bond donors (Lipinski definition) is 17. The number of rotatable bonds is 36. The maximum atomic E-state index is 14.7. The van der Waals surface area contributed by atoms with Gasteiger partial charge < -0.3 is 91.2 Å². The zero-order valence-electron chi connectivity index (χ0n) is 69.4. The van der Waals surface area contributed by atoms with Crippen LogP contribution >= 0.6 is 46.9 Å². The smallest absolute Gasteiger partial charge is 0.404 e. The number of phosphoric ester groups is 6. The molecule has 6 aliphatic rings. The summed E-state index contributed by atoms with van der Waals surface area (Å²) in [6.45, 7) is -4.85. The molecular formula is C66H79N27O37P6. The van der Waals surface area contributed by atoms with Gasteiger partial charge in [-0.05, 0) is 19.1 Å². The van der Waals surface area contributed by atoms with E-state index in [0.717, 1.165) is 49.8 Å². The Morgan fingerprint density at radius 1 is 0.360 bits per heavy atom. The van der Waals surface area contributed by atoms with Gasteiger partial charge in [0.1, 0.15) is 122 Å². The number of H-pyrrole nitrogens is 5. The molecule has 6 saturated heterocycles. The van der Waals surface area contributed by atoms with Crippen LogP contribution in [0.4, 0.5) is 29.6 Å². The van der Waals surface area contributed by atoms with Gasteiger partial charge in [-0.1, -0.05) is 18.2 Å². The number of fused-ring (bicyclic) bond motifs is 5. The Morgan fingerprint density at radius 3 is 0.985 bits per heavy atom. The molecule has 6 unspecified atom stereocenters. The summed E-state index contributed by atoms with van der Waals surface area (Å²) in [7, 11) is -32.9. The first kappa shape index (κ1) is 95.4. The molecule has 64 nitrogen and oxygen atoms in total. The van der Waals surface area contributed by atoms with Gasteiger partial charge in [0.15, 0.2) is 56.1 Å².